The third-order valence-electron chi connectivity index (χ3n) is 5.93. The molecule has 0 radical (unpaired) electrons. The van der Waals surface area contributed by atoms with Crippen molar-refractivity contribution in [2.24, 2.45) is 17.8 Å². The molecule has 3 aromatic rings. The molecule has 186 valence electrons. The molecule has 0 saturated carbocycles. The van der Waals surface area contributed by atoms with Crippen LogP contribution in [-0.2, 0) is 0 Å². The molecule has 1 aliphatic carbocycles. The van der Waals surface area contributed by atoms with E-state index in [2.05, 4.69) is 126 Å². The van der Waals surface area contributed by atoms with Crippen LogP contribution < -0.4 is 0 Å². The van der Waals surface area contributed by atoms with Gasteiger partial charge in [0.15, 0.2) is 0 Å². The Morgan fingerprint density at radius 2 is 1.37 bits per heavy atom. The fourth-order valence-corrected chi connectivity index (χ4v) is 4.77. The average Bonchev–Trinajstić information content (AvgIpc) is 3.28. The van der Waals surface area contributed by atoms with Crippen molar-refractivity contribution >= 4 is 5.70 Å². The minimum absolute atomic E-state index is 0.441. The summed E-state index contributed by atoms with van der Waals surface area (Å²) in [5.41, 5.74) is 6.97. The summed E-state index contributed by atoms with van der Waals surface area (Å²) >= 11 is 0. The van der Waals surface area contributed by atoms with E-state index in [0.29, 0.717) is 17.8 Å². The summed E-state index contributed by atoms with van der Waals surface area (Å²) in [4.78, 5) is 4.77. The van der Waals surface area contributed by atoms with Gasteiger partial charge in [0.1, 0.15) is 5.82 Å². The van der Waals surface area contributed by atoms with E-state index in [9.17, 15) is 0 Å². The Hall–Kier alpha value is -2.87. The lowest BCUT2D eigenvalue weighted by Crippen LogP contribution is -2.15. The van der Waals surface area contributed by atoms with Crippen molar-refractivity contribution < 1.29 is 0 Å². The minimum Gasteiger partial charge on any atom is -0.300 e. The van der Waals surface area contributed by atoms with Crippen LogP contribution in [0.1, 0.15) is 79.2 Å². The van der Waals surface area contributed by atoms with E-state index in [1.165, 1.54) is 16.8 Å². The van der Waals surface area contributed by atoms with Crippen molar-refractivity contribution in [2.45, 2.75) is 73.6 Å². The van der Waals surface area contributed by atoms with Crippen LogP contribution in [0.4, 0.5) is 0 Å². The summed E-state index contributed by atoms with van der Waals surface area (Å²) in [6.45, 7) is 15.8. The molecule has 0 bridgehead atoms. The number of hydrogen-bond donors (Lipinski definition) is 0. The molecule has 1 heterocycles. The number of benzene rings is 2. The predicted molar refractivity (Wildman–Crippen MR) is 152 cm³/mol. The quantitative estimate of drug-likeness (QED) is 0.337. The van der Waals surface area contributed by atoms with Crippen LogP contribution in [0.5, 0.6) is 0 Å². The normalized spacial score (nSPS) is 15.9. The van der Waals surface area contributed by atoms with E-state index in [1.54, 1.807) is 5.57 Å². The first-order chi connectivity index (χ1) is 16.8. The van der Waals surface area contributed by atoms with Crippen molar-refractivity contribution in [3.05, 3.63) is 95.8 Å². The summed E-state index contributed by atoms with van der Waals surface area (Å²) in [5.74, 6) is 3.52. The van der Waals surface area contributed by atoms with Gasteiger partial charge in [-0.2, -0.15) is 0 Å². The van der Waals surface area contributed by atoms with Crippen molar-refractivity contribution in [1.82, 2.24) is 9.55 Å². The zero-order chi connectivity index (χ0) is 25.4. The second-order valence-electron chi connectivity index (χ2n) is 11.3. The first-order valence-corrected chi connectivity index (χ1v) is 13.3. The SMILES string of the molecule is CC(C)C.CC(C)CC1=CC(c2ccccc2)CC(CC(C)C)=C1n1ccnc1-c1ccccc1. The Bertz CT molecular complexity index is 1100. The van der Waals surface area contributed by atoms with E-state index in [4.69, 9.17) is 4.98 Å². The molecule has 4 rings (SSSR count). The Kier molecular flexibility index (Phi) is 9.72. The highest BCUT2D eigenvalue weighted by Crippen LogP contribution is 2.43. The zero-order valence-corrected chi connectivity index (χ0v) is 22.8. The molecule has 1 unspecified atom stereocenters. The number of nitrogens with zero attached hydrogens (tertiary/aromatic N) is 2. The van der Waals surface area contributed by atoms with Gasteiger partial charge in [-0.05, 0) is 53.7 Å². The number of hydrogen-bond acceptors (Lipinski definition) is 1. The molecular weight excluding hydrogens is 424 g/mol. The highest BCUT2D eigenvalue weighted by atomic mass is 15.1. The number of aromatic nitrogens is 2. The molecule has 2 aromatic carbocycles. The second-order valence-corrected chi connectivity index (χ2v) is 11.3. The molecule has 0 spiro atoms. The van der Waals surface area contributed by atoms with Gasteiger partial charge in [0.25, 0.3) is 0 Å². The van der Waals surface area contributed by atoms with Crippen LogP contribution in [0, 0.1) is 17.8 Å². The van der Waals surface area contributed by atoms with Gasteiger partial charge in [-0.1, -0.05) is 115 Å². The smallest absolute Gasteiger partial charge is 0.144 e. The van der Waals surface area contributed by atoms with Crippen molar-refractivity contribution in [3.63, 3.8) is 0 Å². The topological polar surface area (TPSA) is 17.8 Å². The molecule has 1 aromatic heterocycles. The molecular formula is C33H44N2. The predicted octanol–water partition coefficient (Wildman–Crippen LogP) is 9.63. The Morgan fingerprint density at radius 3 is 1.94 bits per heavy atom. The molecule has 0 saturated heterocycles. The molecule has 35 heavy (non-hydrogen) atoms. The Balaban J connectivity index is 0.000000795. The van der Waals surface area contributed by atoms with Crippen molar-refractivity contribution in [2.75, 3.05) is 0 Å². The second kappa shape index (κ2) is 12.7. The molecule has 2 heteroatoms. The van der Waals surface area contributed by atoms with Crippen molar-refractivity contribution in [1.29, 1.82) is 0 Å². The lowest BCUT2D eigenvalue weighted by atomic mass is 9.79. The van der Waals surface area contributed by atoms with Gasteiger partial charge in [0, 0.05) is 29.6 Å². The van der Waals surface area contributed by atoms with Gasteiger partial charge in [0.2, 0.25) is 0 Å². The van der Waals surface area contributed by atoms with E-state index in [0.717, 1.165) is 36.6 Å². The van der Waals surface area contributed by atoms with Gasteiger partial charge >= 0.3 is 0 Å². The summed E-state index contributed by atoms with van der Waals surface area (Å²) < 4.78 is 2.35. The minimum atomic E-state index is 0.441. The van der Waals surface area contributed by atoms with Crippen LogP contribution >= 0.6 is 0 Å². The largest absolute Gasteiger partial charge is 0.300 e. The van der Waals surface area contributed by atoms with Crippen LogP contribution in [-0.4, -0.2) is 9.55 Å². The third-order valence-corrected chi connectivity index (χ3v) is 5.93. The molecule has 0 aliphatic heterocycles. The monoisotopic (exact) mass is 468 g/mol. The maximum atomic E-state index is 4.77. The molecule has 0 N–H and O–H groups in total. The maximum absolute atomic E-state index is 4.77. The lowest BCUT2D eigenvalue weighted by molar-refractivity contribution is 0.597. The molecule has 0 amide bonds. The summed E-state index contributed by atoms with van der Waals surface area (Å²) in [6, 6.07) is 21.5. The zero-order valence-electron chi connectivity index (χ0n) is 22.8. The molecule has 2 nitrogen and oxygen atoms in total. The highest BCUT2D eigenvalue weighted by Gasteiger charge is 2.26. The number of imidazole rings is 1. The number of rotatable bonds is 7. The van der Waals surface area contributed by atoms with E-state index >= 15 is 0 Å². The van der Waals surface area contributed by atoms with Gasteiger partial charge in [-0.3, -0.25) is 4.57 Å². The van der Waals surface area contributed by atoms with E-state index < -0.39 is 0 Å². The highest BCUT2D eigenvalue weighted by molar-refractivity contribution is 5.75. The fraction of sp³-hybridized carbons (Fsp3) is 0.424. The summed E-state index contributed by atoms with van der Waals surface area (Å²) in [7, 11) is 0. The van der Waals surface area contributed by atoms with Crippen LogP contribution in [0.25, 0.3) is 17.1 Å². The standard InChI is InChI=1S/C29H34N2.C4H10/c1-21(2)17-26-19-25(23-11-7-5-8-12-23)20-27(18-22(3)4)28(26)31-16-15-30-29(31)24-13-9-6-10-14-24;1-4(2)3/h5-16,19,21-22,25H,17-18,20H2,1-4H3;4H,1-3H3. The molecule has 1 atom stereocenters. The lowest BCUT2D eigenvalue weighted by Gasteiger charge is -2.30. The molecule has 1 aliphatic rings. The van der Waals surface area contributed by atoms with Crippen molar-refractivity contribution in [3.8, 4) is 11.4 Å². The van der Waals surface area contributed by atoms with E-state index in [-0.39, 0.29) is 0 Å². The van der Waals surface area contributed by atoms with Crippen LogP contribution in [0.15, 0.2) is 90.3 Å². The number of allylic oxidation sites excluding steroid dienone is 4. The first kappa shape index (κ1) is 26.7. The maximum Gasteiger partial charge on any atom is 0.144 e. The van der Waals surface area contributed by atoms with Crippen LogP contribution in [0.3, 0.4) is 0 Å². The van der Waals surface area contributed by atoms with Gasteiger partial charge < -0.3 is 0 Å². The third kappa shape index (κ3) is 7.56. The summed E-state index contributed by atoms with van der Waals surface area (Å²) in [5, 5.41) is 0. The average molecular weight is 469 g/mol. The van der Waals surface area contributed by atoms with Gasteiger partial charge in [-0.25, -0.2) is 4.98 Å². The van der Waals surface area contributed by atoms with Gasteiger partial charge in [0.05, 0.1) is 0 Å². The fourth-order valence-electron chi connectivity index (χ4n) is 4.77. The molecule has 0 fully saturated rings. The Morgan fingerprint density at radius 1 is 0.800 bits per heavy atom. The van der Waals surface area contributed by atoms with Crippen LogP contribution in [0.2, 0.25) is 0 Å². The summed E-state index contributed by atoms with van der Waals surface area (Å²) in [6.07, 6.45) is 9.88. The Labute approximate surface area is 213 Å². The van der Waals surface area contributed by atoms with E-state index in [1.807, 2.05) is 6.20 Å². The first-order valence-electron chi connectivity index (χ1n) is 13.3. The van der Waals surface area contributed by atoms with Gasteiger partial charge in [-0.15, -0.1) is 0 Å².